The van der Waals surface area contributed by atoms with Gasteiger partial charge < -0.3 is 34.5 Å². The summed E-state index contributed by atoms with van der Waals surface area (Å²) < 4.78 is 93.7. The number of sulfonamides is 1. The highest BCUT2D eigenvalue weighted by Crippen LogP contribution is 2.48. The Hall–Kier alpha value is -4.72. The van der Waals surface area contributed by atoms with E-state index in [0.29, 0.717) is 37.9 Å². The van der Waals surface area contributed by atoms with Gasteiger partial charge in [-0.2, -0.15) is 13.2 Å². The molecule has 16 nitrogen and oxygen atoms in total. The fourth-order valence-corrected chi connectivity index (χ4v) is 9.24. The summed E-state index contributed by atoms with van der Waals surface area (Å²) in [6.45, 7) is 9.98. The van der Waals surface area contributed by atoms with Gasteiger partial charge >= 0.3 is 12.3 Å². The molecule has 7 atom stereocenters. The van der Waals surface area contributed by atoms with E-state index in [0.717, 1.165) is 4.90 Å². The number of rotatable bonds is 10. The monoisotopic (exact) mass is 880 g/mol. The van der Waals surface area contributed by atoms with Gasteiger partial charge in [0.25, 0.3) is 5.91 Å². The molecule has 336 valence electrons. The van der Waals surface area contributed by atoms with E-state index in [-0.39, 0.29) is 43.0 Å². The highest BCUT2D eigenvalue weighted by atomic mass is 32.2. The van der Waals surface area contributed by atoms with Gasteiger partial charge in [-0.3, -0.25) is 19.1 Å². The quantitative estimate of drug-likeness (QED) is 0.276. The molecular formula is C41H55F3N6O10S. The number of nitrogens with zero attached hydrogens (tertiary/aromatic N) is 3. The lowest BCUT2D eigenvalue weighted by Gasteiger charge is -2.34. The van der Waals surface area contributed by atoms with Gasteiger partial charge in [-0.25, -0.2) is 23.2 Å². The van der Waals surface area contributed by atoms with Gasteiger partial charge in [0.05, 0.1) is 35.5 Å². The number of benzene rings is 1. The smallest absolute Gasteiger partial charge is 0.438 e. The number of halogens is 3. The third kappa shape index (κ3) is 10.3. The van der Waals surface area contributed by atoms with Gasteiger partial charge in [-0.1, -0.05) is 19.1 Å². The lowest BCUT2D eigenvalue weighted by molar-refractivity contribution is -0.143. The van der Waals surface area contributed by atoms with Crippen molar-refractivity contribution >= 4 is 44.9 Å². The van der Waals surface area contributed by atoms with Crippen LogP contribution < -0.4 is 24.8 Å². The molecule has 3 N–H and O–H groups in total. The Morgan fingerprint density at radius 3 is 2.44 bits per heavy atom. The molecule has 20 heteroatoms. The lowest BCUT2D eigenvalue weighted by atomic mass is 9.87. The van der Waals surface area contributed by atoms with Crippen LogP contribution in [0.4, 0.5) is 18.0 Å². The van der Waals surface area contributed by atoms with Crippen LogP contribution in [0.5, 0.6) is 11.6 Å². The van der Waals surface area contributed by atoms with E-state index in [4.69, 9.17) is 18.9 Å². The molecule has 3 fully saturated rings. The van der Waals surface area contributed by atoms with Crippen LogP contribution in [-0.2, 0) is 40.1 Å². The topological polar surface area (TPSA) is 204 Å². The Morgan fingerprint density at radius 1 is 1.08 bits per heavy atom. The number of amides is 4. The minimum atomic E-state index is -5.02. The van der Waals surface area contributed by atoms with Crippen molar-refractivity contribution in [2.24, 2.45) is 17.8 Å². The largest absolute Gasteiger partial charge is 0.494 e. The standard InChI is InChI=1S/C41H55F3N6O10S/c1-8-58-26-13-14-28-29(18-26)46-34(32(45-28)41(42,43)44)59-27-19-30-33(51)48-40(36(53)49-61(55,56)39(6)15-16-39)20-25(40)12-10-9-11-23(2)17-24(22-57-7)31(35(52)50(30)21-27)47-37(54)60-38(3,4)5/h10,12-14,18,23-25,27,30-31H,8-9,11,15-17,19-22H2,1-7H3,(H,47,54)(H,48,51)(H,49,53)/b12-10-/t23-,24-,25+,27+,30-,31-,40+/m0/s1. The SMILES string of the molecule is CCOc1ccc2nc(C(F)(F)F)c(O[C@@H]3C[C@H]4C(=O)N[C@]5(C(=O)NS(=O)(=O)C6(C)CC6)C[C@H]5/C=C\CC[C@H](C)C[C@@H](COC)[C@H](NC(=O)OC(C)(C)C)C(=O)N4C3)nc2c1. The van der Waals surface area contributed by atoms with Gasteiger partial charge in [-0.15, -0.1) is 0 Å². The molecule has 1 saturated heterocycles. The number of hydrogen-bond donors (Lipinski definition) is 3. The molecular weight excluding hydrogens is 826 g/mol. The molecule has 0 bridgehead atoms. The summed E-state index contributed by atoms with van der Waals surface area (Å²) in [7, 11) is -2.69. The maximum Gasteiger partial charge on any atom is 0.438 e. The average molecular weight is 881 g/mol. The van der Waals surface area contributed by atoms with Crippen molar-refractivity contribution in [3.8, 4) is 11.6 Å². The lowest BCUT2D eigenvalue weighted by Crippen LogP contribution is -2.60. The minimum Gasteiger partial charge on any atom is -0.494 e. The Bertz CT molecular complexity index is 2160. The molecule has 1 aromatic carbocycles. The third-order valence-corrected chi connectivity index (χ3v) is 13.8. The van der Waals surface area contributed by atoms with Crippen molar-refractivity contribution in [2.45, 2.75) is 127 Å². The van der Waals surface area contributed by atoms with Crippen LogP contribution in [0.2, 0.25) is 0 Å². The first-order valence-electron chi connectivity index (χ1n) is 20.5. The van der Waals surface area contributed by atoms with E-state index in [2.05, 4.69) is 25.3 Å². The van der Waals surface area contributed by atoms with E-state index in [1.165, 1.54) is 32.2 Å². The number of fused-ring (bicyclic) bond motifs is 3. The molecule has 6 rings (SSSR count). The second-order valence-electron chi connectivity index (χ2n) is 17.8. The highest BCUT2D eigenvalue weighted by Gasteiger charge is 2.63. The second kappa shape index (κ2) is 17.2. The predicted octanol–water partition coefficient (Wildman–Crippen LogP) is 4.80. The maximum atomic E-state index is 15.0. The van der Waals surface area contributed by atoms with E-state index in [1.807, 2.05) is 13.0 Å². The number of methoxy groups -OCH3 is 1. The average Bonchev–Trinajstić information content (AvgIpc) is 4.04. The minimum absolute atomic E-state index is 0.00111. The third-order valence-electron chi connectivity index (χ3n) is 11.6. The van der Waals surface area contributed by atoms with Crippen molar-refractivity contribution in [3.63, 3.8) is 0 Å². The Labute approximate surface area is 353 Å². The van der Waals surface area contributed by atoms with Gasteiger partial charge in [0.1, 0.15) is 35.1 Å². The molecule has 2 aromatic rings. The molecule has 0 radical (unpaired) electrons. The normalized spacial score (nSPS) is 28.6. The number of alkyl halides is 3. The summed E-state index contributed by atoms with van der Waals surface area (Å²) >= 11 is 0. The second-order valence-corrected chi connectivity index (χ2v) is 20.0. The zero-order valence-electron chi connectivity index (χ0n) is 35.4. The first-order chi connectivity index (χ1) is 28.5. The number of carbonyl (C=O) groups is 4. The zero-order valence-corrected chi connectivity index (χ0v) is 36.2. The van der Waals surface area contributed by atoms with E-state index in [1.54, 1.807) is 33.8 Å². The molecule has 0 spiro atoms. The van der Waals surface area contributed by atoms with Crippen molar-refractivity contribution in [1.29, 1.82) is 0 Å². The Kier molecular flexibility index (Phi) is 12.9. The molecule has 2 aliphatic heterocycles. The maximum absolute atomic E-state index is 15.0. The van der Waals surface area contributed by atoms with Gasteiger partial charge in [-0.05, 0) is 91.2 Å². The molecule has 2 saturated carbocycles. The summed E-state index contributed by atoms with van der Waals surface area (Å²) in [5, 5.41) is 5.43. The molecule has 4 amide bonds. The molecule has 0 unspecified atom stereocenters. The first-order valence-corrected chi connectivity index (χ1v) is 22.0. The van der Waals surface area contributed by atoms with Crippen LogP contribution in [0.15, 0.2) is 30.4 Å². The molecule has 1 aromatic heterocycles. The fourth-order valence-electron chi connectivity index (χ4n) is 7.92. The summed E-state index contributed by atoms with van der Waals surface area (Å²) in [5.41, 5.74) is -4.16. The zero-order chi connectivity index (χ0) is 44.7. The van der Waals surface area contributed by atoms with Crippen molar-refractivity contribution in [1.82, 2.24) is 30.2 Å². The molecule has 3 heterocycles. The first kappa shape index (κ1) is 45.8. The van der Waals surface area contributed by atoms with Crippen LogP contribution in [0.1, 0.15) is 92.2 Å². The van der Waals surface area contributed by atoms with Gasteiger partial charge in [0.15, 0.2) is 0 Å². The van der Waals surface area contributed by atoms with Gasteiger partial charge in [0.2, 0.25) is 33.4 Å². The number of carbonyl (C=O) groups excluding carboxylic acids is 4. The highest BCUT2D eigenvalue weighted by molar-refractivity contribution is 7.91. The number of nitrogens with one attached hydrogen (secondary N) is 3. The number of ether oxygens (including phenoxy) is 4. The van der Waals surface area contributed by atoms with Crippen LogP contribution in [-0.4, -0.2) is 108 Å². The Balaban J connectivity index is 1.41. The van der Waals surface area contributed by atoms with Crippen LogP contribution >= 0.6 is 0 Å². The molecule has 2 aliphatic carbocycles. The predicted molar refractivity (Wildman–Crippen MR) is 215 cm³/mol. The fraction of sp³-hybridized carbons (Fsp3) is 0.659. The number of aromatic nitrogens is 2. The number of allylic oxidation sites excluding steroid dienone is 1. The summed E-state index contributed by atoms with van der Waals surface area (Å²) in [6.07, 6.45) is -1.71. The summed E-state index contributed by atoms with van der Waals surface area (Å²) in [4.78, 5) is 66.0. The number of hydrogen-bond acceptors (Lipinski definition) is 12. The van der Waals surface area contributed by atoms with Crippen LogP contribution in [0.3, 0.4) is 0 Å². The van der Waals surface area contributed by atoms with E-state index < -0.39 is 104 Å². The van der Waals surface area contributed by atoms with E-state index in [9.17, 15) is 40.8 Å². The summed E-state index contributed by atoms with van der Waals surface area (Å²) in [6, 6.07) is 1.37. The Morgan fingerprint density at radius 2 is 1.80 bits per heavy atom. The van der Waals surface area contributed by atoms with Gasteiger partial charge in [0, 0.05) is 31.4 Å². The van der Waals surface area contributed by atoms with Crippen LogP contribution in [0, 0.1) is 17.8 Å². The van der Waals surface area contributed by atoms with Crippen molar-refractivity contribution in [2.75, 3.05) is 26.9 Å². The summed E-state index contributed by atoms with van der Waals surface area (Å²) in [5.74, 6) is -4.49. The molecule has 61 heavy (non-hydrogen) atoms. The van der Waals surface area contributed by atoms with Crippen LogP contribution in [0.25, 0.3) is 11.0 Å². The number of alkyl carbamates (subject to hydrolysis) is 1. The van der Waals surface area contributed by atoms with Crippen molar-refractivity contribution in [3.05, 3.63) is 36.0 Å². The van der Waals surface area contributed by atoms with Crippen molar-refractivity contribution < 1.29 is 59.7 Å². The molecule has 4 aliphatic rings. The van der Waals surface area contributed by atoms with E-state index >= 15 is 0 Å².